The van der Waals surface area contributed by atoms with E-state index < -0.39 is 0 Å². The number of aryl methyl sites for hydroxylation is 1. The van der Waals surface area contributed by atoms with Gasteiger partial charge >= 0.3 is 0 Å². The number of furan rings is 1. The van der Waals surface area contributed by atoms with Crippen molar-refractivity contribution < 1.29 is 14.0 Å². The second-order valence-electron chi connectivity index (χ2n) is 5.73. The van der Waals surface area contributed by atoms with Gasteiger partial charge in [-0.25, -0.2) is 0 Å². The molecule has 1 aliphatic heterocycles. The van der Waals surface area contributed by atoms with Gasteiger partial charge in [-0.05, 0) is 25.1 Å². The zero-order chi connectivity index (χ0) is 16.6. The van der Waals surface area contributed by atoms with Crippen LogP contribution < -0.4 is 5.73 Å². The summed E-state index contributed by atoms with van der Waals surface area (Å²) in [6, 6.07) is 5.70. The summed E-state index contributed by atoms with van der Waals surface area (Å²) in [5.74, 6) is -0.0570. The number of fused-ring (bicyclic) bond motifs is 1. The molecule has 6 nitrogen and oxygen atoms in total. The summed E-state index contributed by atoms with van der Waals surface area (Å²) < 4.78 is 6.71. The van der Waals surface area contributed by atoms with E-state index in [9.17, 15) is 9.59 Å². The number of rotatable bonds is 3. The first-order valence-electron chi connectivity index (χ1n) is 7.44. The van der Waals surface area contributed by atoms with Crippen molar-refractivity contribution in [2.75, 3.05) is 32.7 Å². The van der Waals surface area contributed by atoms with Crippen molar-refractivity contribution in [2.24, 2.45) is 5.73 Å². The van der Waals surface area contributed by atoms with Crippen molar-refractivity contribution in [2.45, 2.75) is 6.92 Å². The van der Waals surface area contributed by atoms with Gasteiger partial charge in [-0.3, -0.25) is 14.5 Å². The van der Waals surface area contributed by atoms with E-state index in [1.54, 1.807) is 4.90 Å². The number of carbonyl (C=O) groups excluding carboxylic acids is 2. The molecule has 0 radical (unpaired) electrons. The third-order valence-corrected chi connectivity index (χ3v) is 4.62. The lowest BCUT2D eigenvalue weighted by atomic mass is 10.1. The summed E-state index contributed by atoms with van der Waals surface area (Å²) in [5, 5.41) is 0.940. The van der Waals surface area contributed by atoms with Gasteiger partial charge in [0.15, 0.2) is 5.76 Å². The Bertz CT molecular complexity index is 763. The molecule has 0 spiro atoms. The molecule has 1 aliphatic rings. The van der Waals surface area contributed by atoms with E-state index in [0.29, 0.717) is 37.5 Å². The van der Waals surface area contributed by atoms with Crippen molar-refractivity contribution in [3.8, 4) is 0 Å². The third-order valence-electron chi connectivity index (χ3n) is 4.13. The van der Waals surface area contributed by atoms with Crippen molar-refractivity contribution in [1.29, 1.82) is 0 Å². The quantitative estimate of drug-likeness (QED) is 0.880. The number of piperazine rings is 1. The van der Waals surface area contributed by atoms with Crippen LogP contribution in [0.3, 0.4) is 0 Å². The van der Waals surface area contributed by atoms with Crippen LogP contribution in [0.4, 0.5) is 0 Å². The molecule has 0 unspecified atom stereocenters. The largest absolute Gasteiger partial charge is 0.451 e. The molecule has 2 N–H and O–H groups in total. The molecule has 0 aliphatic carbocycles. The predicted octanol–water partition coefficient (Wildman–Crippen LogP) is 1.75. The predicted molar refractivity (Wildman–Crippen MR) is 90.2 cm³/mol. The summed E-state index contributed by atoms with van der Waals surface area (Å²) >= 11 is 3.44. The number of amides is 2. The molecule has 2 aromatic rings. The van der Waals surface area contributed by atoms with E-state index in [0.717, 1.165) is 15.4 Å². The van der Waals surface area contributed by atoms with Gasteiger partial charge in [-0.2, -0.15) is 0 Å². The Morgan fingerprint density at radius 1 is 1.26 bits per heavy atom. The summed E-state index contributed by atoms with van der Waals surface area (Å²) in [7, 11) is 0. The molecule has 0 saturated carbocycles. The lowest BCUT2D eigenvalue weighted by Crippen LogP contribution is -2.50. The van der Waals surface area contributed by atoms with Gasteiger partial charge < -0.3 is 15.1 Å². The second kappa shape index (κ2) is 6.33. The van der Waals surface area contributed by atoms with Crippen LogP contribution in [0.2, 0.25) is 0 Å². The van der Waals surface area contributed by atoms with Crippen molar-refractivity contribution >= 4 is 38.7 Å². The van der Waals surface area contributed by atoms with Gasteiger partial charge in [-0.15, -0.1) is 0 Å². The lowest BCUT2D eigenvalue weighted by molar-refractivity contribution is -0.119. The van der Waals surface area contributed by atoms with Crippen LogP contribution in [-0.2, 0) is 4.79 Å². The van der Waals surface area contributed by atoms with E-state index in [1.165, 1.54) is 0 Å². The Morgan fingerprint density at radius 3 is 2.61 bits per heavy atom. The second-order valence-corrected chi connectivity index (χ2v) is 6.65. The minimum absolute atomic E-state index is 0.103. The molecule has 1 saturated heterocycles. The number of nitrogens with two attached hydrogens (primary N) is 1. The Hall–Kier alpha value is -1.86. The molecular weight excluding hydrogens is 362 g/mol. The number of primary amides is 1. The van der Waals surface area contributed by atoms with E-state index in [-0.39, 0.29) is 18.4 Å². The van der Waals surface area contributed by atoms with Gasteiger partial charge in [0.25, 0.3) is 5.91 Å². The molecule has 2 amide bonds. The minimum Gasteiger partial charge on any atom is -0.451 e. The molecule has 23 heavy (non-hydrogen) atoms. The first-order valence-corrected chi connectivity index (χ1v) is 8.23. The van der Waals surface area contributed by atoms with E-state index in [4.69, 9.17) is 10.2 Å². The Morgan fingerprint density at radius 2 is 1.96 bits per heavy atom. The molecule has 0 atom stereocenters. The first kappa shape index (κ1) is 16.0. The van der Waals surface area contributed by atoms with Crippen LogP contribution >= 0.6 is 15.9 Å². The zero-order valence-corrected chi connectivity index (χ0v) is 14.4. The van der Waals surface area contributed by atoms with Gasteiger partial charge in [0.2, 0.25) is 5.91 Å². The maximum atomic E-state index is 12.7. The Labute approximate surface area is 142 Å². The Kier molecular flexibility index (Phi) is 4.41. The third kappa shape index (κ3) is 3.25. The first-order chi connectivity index (χ1) is 11.0. The van der Waals surface area contributed by atoms with Crippen LogP contribution in [0.25, 0.3) is 11.0 Å². The molecular formula is C16H18BrN3O3. The fraction of sp³-hybridized carbons (Fsp3) is 0.375. The molecule has 1 fully saturated rings. The van der Waals surface area contributed by atoms with E-state index in [1.807, 2.05) is 30.0 Å². The van der Waals surface area contributed by atoms with Gasteiger partial charge in [0.05, 0.1) is 6.54 Å². The highest BCUT2D eigenvalue weighted by Gasteiger charge is 2.27. The maximum Gasteiger partial charge on any atom is 0.289 e. The van der Waals surface area contributed by atoms with Crippen molar-refractivity contribution in [3.63, 3.8) is 0 Å². The lowest BCUT2D eigenvalue weighted by Gasteiger charge is -2.33. The SMILES string of the molecule is Cc1c(C(=O)N2CCN(CC(N)=O)CC2)oc2ccc(Br)cc12. The summed E-state index contributed by atoms with van der Waals surface area (Å²) in [4.78, 5) is 27.4. The highest BCUT2D eigenvalue weighted by molar-refractivity contribution is 9.10. The van der Waals surface area contributed by atoms with Gasteiger partial charge in [0, 0.05) is 41.6 Å². The minimum atomic E-state index is -0.344. The van der Waals surface area contributed by atoms with Crippen LogP contribution in [-0.4, -0.2) is 54.3 Å². The highest BCUT2D eigenvalue weighted by Crippen LogP contribution is 2.29. The van der Waals surface area contributed by atoms with Gasteiger partial charge in [-0.1, -0.05) is 15.9 Å². The van der Waals surface area contributed by atoms with Crippen LogP contribution in [0.5, 0.6) is 0 Å². The Balaban J connectivity index is 1.76. The molecule has 1 aromatic heterocycles. The summed E-state index contributed by atoms with van der Waals surface area (Å²) in [6.07, 6.45) is 0. The molecule has 0 bridgehead atoms. The number of nitrogens with zero attached hydrogens (tertiary/aromatic N) is 2. The molecule has 3 rings (SSSR count). The molecule has 122 valence electrons. The monoisotopic (exact) mass is 379 g/mol. The molecule has 2 heterocycles. The number of halogens is 1. The van der Waals surface area contributed by atoms with Crippen molar-refractivity contribution in [1.82, 2.24) is 9.80 Å². The molecule has 1 aromatic carbocycles. The van der Waals surface area contributed by atoms with Crippen LogP contribution in [0.1, 0.15) is 16.1 Å². The van der Waals surface area contributed by atoms with E-state index in [2.05, 4.69) is 15.9 Å². The topological polar surface area (TPSA) is 79.8 Å². The van der Waals surface area contributed by atoms with E-state index >= 15 is 0 Å². The number of benzene rings is 1. The van der Waals surface area contributed by atoms with Crippen LogP contribution in [0, 0.1) is 6.92 Å². The maximum absolute atomic E-state index is 12.7. The fourth-order valence-corrected chi connectivity index (χ4v) is 3.23. The average molecular weight is 380 g/mol. The molecule has 7 heteroatoms. The van der Waals surface area contributed by atoms with Crippen LogP contribution in [0.15, 0.2) is 27.1 Å². The standard InChI is InChI=1S/C16H18BrN3O3/c1-10-12-8-11(17)2-3-13(12)23-15(10)16(22)20-6-4-19(5-7-20)9-14(18)21/h2-3,8H,4-7,9H2,1H3,(H2,18,21). The fourth-order valence-electron chi connectivity index (χ4n) is 2.87. The number of hydrogen-bond donors (Lipinski definition) is 1. The van der Waals surface area contributed by atoms with Gasteiger partial charge in [0.1, 0.15) is 5.58 Å². The highest BCUT2D eigenvalue weighted by atomic mass is 79.9. The number of carbonyl (C=O) groups is 2. The summed E-state index contributed by atoms with van der Waals surface area (Å²) in [5.41, 5.74) is 6.77. The smallest absolute Gasteiger partial charge is 0.289 e. The van der Waals surface area contributed by atoms with Crippen molar-refractivity contribution in [3.05, 3.63) is 34.0 Å². The number of hydrogen-bond acceptors (Lipinski definition) is 4. The normalized spacial score (nSPS) is 16.0. The average Bonchev–Trinajstić information content (AvgIpc) is 2.84. The zero-order valence-electron chi connectivity index (χ0n) is 12.8. The summed E-state index contributed by atoms with van der Waals surface area (Å²) in [6.45, 7) is 4.53.